The number of rotatable bonds is 1. The molecule has 8 heteroatoms. The Morgan fingerprint density at radius 3 is 2.00 bits per heavy atom. The third-order valence-electron chi connectivity index (χ3n) is 3.96. The lowest BCUT2D eigenvalue weighted by molar-refractivity contribution is 0.419. The molecule has 0 unspecified atom stereocenters. The zero-order valence-electron chi connectivity index (χ0n) is 14.0. The van der Waals surface area contributed by atoms with Crippen LogP contribution < -0.4 is 4.74 Å². The lowest BCUT2D eigenvalue weighted by Gasteiger charge is -2.04. The number of aromatic nitrogens is 2. The molecule has 0 amide bonds. The van der Waals surface area contributed by atoms with Gasteiger partial charge in [-0.1, -0.05) is 23.2 Å². The summed E-state index contributed by atoms with van der Waals surface area (Å²) in [6.07, 6.45) is 3.43. The molecule has 2 aromatic carbocycles. The van der Waals surface area contributed by atoms with Gasteiger partial charge in [-0.15, -0.1) is 0 Å². The summed E-state index contributed by atoms with van der Waals surface area (Å²) in [5.41, 5.74) is 2.09. The van der Waals surface area contributed by atoms with Gasteiger partial charge in [-0.3, -0.25) is 0 Å². The predicted octanol–water partition coefficient (Wildman–Crippen LogP) is 5.10. The van der Waals surface area contributed by atoms with Crippen molar-refractivity contribution in [3.05, 3.63) is 57.8 Å². The Balaban J connectivity index is 0.000000156. The Kier molecular flexibility index (Phi) is 5.14. The molecule has 0 bridgehead atoms. The zero-order valence-corrected chi connectivity index (χ0v) is 15.5. The highest BCUT2D eigenvalue weighted by Gasteiger charge is 2.11. The van der Waals surface area contributed by atoms with Crippen molar-refractivity contribution >= 4 is 45.0 Å². The van der Waals surface area contributed by atoms with Crippen molar-refractivity contribution in [3.63, 3.8) is 0 Å². The number of hydrogen-bond donors (Lipinski definition) is 3. The number of ether oxygens (including phenoxy) is 1. The molecule has 3 N–H and O–H groups in total. The van der Waals surface area contributed by atoms with Crippen LogP contribution in [-0.4, -0.2) is 22.2 Å². The first-order valence-corrected chi connectivity index (χ1v) is 8.39. The molecule has 0 aliphatic carbocycles. The maximum absolute atomic E-state index is 9.46. The van der Waals surface area contributed by atoms with Crippen LogP contribution in [0.4, 0.5) is 0 Å². The van der Waals surface area contributed by atoms with Gasteiger partial charge < -0.3 is 19.8 Å². The van der Waals surface area contributed by atoms with Crippen LogP contribution >= 0.6 is 23.2 Å². The quantitative estimate of drug-likeness (QED) is 0.414. The number of nitrogens with zero attached hydrogens (tertiary/aromatic N) is 2. The number of phenolic OH excluding ortho intramolecular Hbond substituents is 1. The van der Waals surface area contributed by atoms with Gasteiger partial charge in [0, 0.05) is 35.3 Å². The van der Waals surface area contributed by atoms with E-state index in [-0.39, 0.29) is 11.3 Å². The molecule has 0 spiro atoms. The van der Waals surface area contributed by atoms with Gasteiger partial charge in [0.05, 0.1) is 39.3 Å². The minimum absolute atomic E-state index is 0.0425. The van der Waals surface area contributed by atoms with Gasteiger partial charge in [-0.05, 0) is 12.1 Å². The van der Waals surface area contributed by atoms with Gasteiger partial charge in [0.15, 0.2) is 0 Å². The Morgan fingerprint density at radius 2 is 1.44 bits per heavy atom. The summed E-state index contributed by atoms with van der Waals surface area (Å²) in [5.74, 6) is 0.673. The lowest BCUT2D eigenvalue weighted by Crippen LogP contribution is -1.87. The molecule has 6 nitrogen and oxygen atoms in total. The van der Waals surface area contributed by atoms with E-state index in [2.05, 4.69) is 9.97 Å². The molecule has 0 fully saturated rings. The van der Waals surface area contributed by atoms with Gasteiger partial charge in [0.1, 0.15) is 23.6 Å². The Morgan fingerprint density at radius 1 is 0.926 bits per heavy atom. The third-order valence-corrected chi connectivity index (χ3v) is 4.77. The van der Waals surface area contributed by atoms with E-state index in [0.29, 0.717) is 32.3 Å². The van der Waals surface area contributed by atoms with Crippen molar-refractivity contribution in [1.29, 1.82) is 10.5 Å². The normalized spacial score (nSPS) is 10.1. The molecule has 0 aliphatic rings. The maximum atomic E-state index is 9.46. The standard InChI is InChI=1S/C10H7ClN2O.C9H5ClN2O/c1-14-8-4-6(5-12)9(11)7-2-3-13-10(7)8;10-8-5(4-11)3-7(13)9-6(8)1-2-12-9/h2-4,13H,1H3;1-3,12-13H. The van der Waals surface area contributed by atoms with E-state index in [0.717, 1.165) is 10.9 Å². The van der Waals surface area contributed by atoms with Crippen LogP contribution in [0.15, 0.2) is 36.7 Å². The smallest absolute Gasteiger partial charge is 0.144 e. The van der Waals surface area contributed by atoms with E-state index in [1.54, 1.807) is 31.6 Å². The second-order valence-corrected chi connectivity index (χ2v) is 6.21. The number of nitrogens with one attached hydrogen (secondary N) is 2. The molecule has 4 rings (SSSR count). The second kappa shape index (κ2) is 7.51. The highest BCUT2D eigenvalue weighted by Crippen LogP contribution is 2.34. The predicted molar refractivity (Wildman–Crippen MR) is 104 cm³/mol. The van der Waals surface area contributed by atoms with E-state index in [4.69, 9.17) is 38.5 Å². The summed E-state index contributed by atoms with van der Waals surface area (Å²) in [6.45, 7) is 0. The van der Waals surface area contributed by atoms with Crippen molar-refractivity contribution in [2.75, 3.05) is 7.11 Å². The average molecular weight is 399 g/mol. The van der Waals surface area contributed by atoms with E-state index in [1.165, 1.54) is 6.07 Å². The number of halogens is 2. The number of phenols is 1. The molecule has 0 saturated carbocycles. The van der Waals surface area contributed by atoms with Crippen molar-refractivity contribution in [2.45, 2.75) is 0 Å². The molecular formula is C19H12Cl2N4O2. The number of aromatic amines is 2. The molecule has 0 saturated heterocycles. The van der Waals surface area contributed by atoms with E-state index in [1.807, 2.05) is 18.2 Å². The van der Waals surface area contributed by atoms with Crippen LogP contribution in [0.3, 0.4) is 0 Å². The summed E-state index contributed by atoms with van der Waals surface area (Å²) in [7, 11) is 1.56. The fraction of sp³-hybridized carbons (Fsp3) is 0.0526. The molecule has 2 heterocycles. The average Bonchev–Trinajstić information content (AvgIpc) is 3.36. The number of benzene rings is 2. The van der Waals surface area contributed by atoms with Gasteiger partial charge in [0.25, 0.3) is 0 Å². The molecule has 2 aromatic heterocycles. The van der Waals surface area contributed by atoms with Gasteiger partial charge in [-0.25, -0.2) is 0 Å². The van der Waals surface area contributed by atoms with Crippen LogP contribution in [-0.2, 0) is 0 Å². The monoisotopic (exact) mass is 398 g/mol. The Labute approximate surface area is 164 Å². The molecule has 0 atom stereocenters. The maximum Gasteiger partial charge on any atom is 0.144 e. The summed E-state index contributed by atoms with van der Waals surface area (Å²) in [5, 5.41) is 29.3. The van der Waals surface area contributed by atoms with Gasteiger partial charge in [0.2, 0.25) is 0 Å². The molecule has 134 valence electrons. The molecule has 27 heavy (non-hydrogen) atoms. The van der Waals surface area contributed by atoms with Crippen LogP contribution in [0.25, 0.3) is 21.8 Å². The van der Waals surface area contributed by atoms with Crippen LogP contribution in [0.2, 0.25) is 10.0 Å². The summed E-state index contributed by atoms with van der Waals surface area (Å²) in [6, 6.07) is 10.5. The van der Waals surface area contributed by atoms with Gasteiger partial charge in [-0.2, -0.15) is 10.5 Å². The SMILES string of the molecule is COc1cc(C#N)c(Cl)c2cc[nH]c12.N#Cc1cc(O)c2[nH]ccc2c1Cl. The number of H-pyrrole nitrogens is 2. The molecule has 4 aromatic rings. The number of nitriles is 2. The number of hydrogen-bond acceptors (Lipinski definition) is 4. The fourth-order valence-corrected chi connectivity index (χ4v) is 3.18. The van der Waals surface area contributed by atoms with Gasteiger partial charge >= 0.3 is 0 Å². The fourth-order valence-electron chi connectivity index (χ4n) is 2.67. The highest BCUT2D eigenvalue weighted by molar-refractivity contribution is 6.37. The largest absolute Gasteiger partial charge is 0.506 e. The first-order valence-electron chi connectivity index (χ1n) is 7.64. The Hall–Kier alpha value is -3.32. The summed E-state index contributed by atoms with van der Waals surface area (Å²) < 4.78 is 5.14. The van der Waals surface area contributed by atoms with E-state index >= 15 is 0 Å². The van der Waals surface area contributed by atoms with Crippen molar-refractivity contribution < 1.29 is 9.84 Å². The molecule has 0 radical (unpaired) electrons. The minimum atomic E-state index is 0.0425. The third kappa shape index (κ3) is 3.24. The van der Waals surface area contributed by atoms with Crippen LogP contribution in [0.1, 0.15) is 11.1 Å². The summed E-state index contributed by atoms with van der Waals surface area (Å²) in [4.78, 5) is 5.85. The topological polar surface area (TPSA) is 109 Å². The van der Waals surface area contributed by atoms with E-state index < -0.39 is 0 Å². The van der Waals surface area contributed by atoms with Crippen LogP contribution in [0, 0.1) is 22.7 Å². The Bertz CT molecular complexity index is 1230. The van der Waals surface area contributed by atoms with Crippen molar-refractivity contribution in [3.8, 4) is 23.6 Å². The first-order chi connectivity index (χ1) is 13.0. The number of aromatic hydroxyl groups is 1. The molecule has 0 aliphatic heterocycles. The lowest BCUT2D eigenvalue weighted by atomic mass is 10.1. The van der Waals surface area contributed by atoms with Crippen LogP contribution in [0.5, 0.6) is 11.5 Å². The first kappa shape index (κ1) is 18.5. The van der Waals surface area contributed by atoms with E-state index in [9.17, 15) is 5.11 Å². The minimum Gasteiger partial charge on any atom is -0.506 e. The second-order valence-electron chi connectivity index (χ2n) is 5.45. The summed E-state index contributed by atoms with van der Waals surface area (Å²) >= 11 is 11.9. The highest BCUT2D eigenvalue weighted by atomic mass is 35.5. The van der Waals surface area contributed by atoms with Crippen molar-refractivity contribution in [1.82, 2.24) is 9.97 Å². The zero-order chi connectivity index (χ0) is 19.6. The number of fused-ring (bicyclic) bond motifs is 2. The number of methoxy groups -OCH3 is 1. The molecular weight excluding hydrogens is 387 g/mol. The van der Waals surface area contributed by atoms with Crippen molar-refractivity contribution in [2.24, 2.45) is 0 Å².